The predicted molar refractivity (Wildman–Crippen MR) is 177 cm³/mol. The molecule has 0 aromatic heterocycles. The first-order valence-electron chi connectivity index (χ1n) is 17.4. The summed E-state index contributed by atoms with van der Waals surface area (Å²) >= 11 is 0. The first-order chi connectivity index (χ1) is 21.7. The number of carbonyl (C=O) groups is 2. The van der Waals surface area contributed by atoms with Crippen LogP contribution in [0.25, 0.3) is 11.1 Å². The minimum Gasteiger partial charge on any atom is -0.380 e. The zero-order valence-electron chi connectivity index (χ0n) is 27.8. The normalized spacial score (nSPS) is 21.4. The molecular formula is C39H51NO5. The number of Topliss-reactive ketones (excluding diaryl/α,β-unsaturated/α-hetero) is 1. The lowest BCUT2D eigenvalue weighted by Gasteiger charge is -2.52. The van der Waals surface area contributed by atoms with Crippen LogP contribution in [0.1, 0.15) is 120 Å². The van der Waals surface area contributed by atoms with Gasteiger partial charge >= 0.3 is 5.97 Å². The second-order valence-electron chi connectivity index (χ2n) is 15.1. The van der Waals surface area contributed by atoms with Gasteiger partial charge in [-0.15, -0.1) is 0 Å². The van der Waals surface area contributed by atoms with Gasteiger partial charge in [0.1, 0.15) is 5.71 Å². The van der Waals surface area contributed by atoms with Crippen molar-refractivity contribution in [3.8, 4) is 11.1 Å². The topological polar surface area (TPSA) is 74.2 Å². The van der Waals surface area contributed by atoms with Crippen LogP contribution in [0.5, 0.6) is 0 Å². The van der Waals surface area contributed by atoms with Gasteiger partial charge in [-0.1, -0.05) is 88.5 Å². The molecule has 1 saturated carbocycles. The molecule has 0 spiro atoms. The number of carbonyl (C=O) groups excluding carboxylic acids is 2. The summed E-state index contributed by atoms with van der Waals surface area (Å²) in [5.41, 5.74) is 5.93. The predicted octanol–water partition coefficient (Wildman–Crippen LogP) is 8.68. The van der Waals surface area contributed by atoms with Gasteiger partial charge in [-0.2, -0.15) is 0 Å². The molecule has 0 radical (unpaired) electrons. The number of nitrogens with zero attached hydrogens (tertiary/aromatic N) is 1. The summed E-state index contributed by atoms with van der Waals surface area (Å²) in [4.78, 5) is 32.4. The molecule has 2 saturated heterocycles. The monoisotopic (exact) mass is 613 g/mol. The van der Waals surface area contributed by atoms with Crippen molar-refractivity contribution in [2.45, 2.75) is 104 Å². The third kappa shape index (κ3) is 6.30. The van der Waals surface area contributed by atoms with Gasteiger partial charge in [0.05, 0.1) is 32.8 Å². The molecule has 2 aliphatic heterocycles. The van der Waals surface area contributed by atoms with Crippen LogP contribution in [0.4, 0.5) is 0 Å². The van der Waals surface area contributed by atoms with E-state index in [-0.39, 0.29) is 33.9 Å². The molecule has 6 heteroatoms. The van der Waals surface area contributed by atoms with E-state index in [2.05, 4.69) is 69.2 Å². The molecule has 0 amide bonds. The number of ether oxygens (including phenoxy) is 2. The second-order valence-corrected chi connectivity index (χ2v) is 15.1. The van der Waals surface area contributed by atoms with E-state index in [9.17, 15) is 9.59 Å². The Balaban J connectivity index is 1.37. The average Bonchev–Trinajstić information content (AvgIpc) is 3.27. The van der Waals surface area contributed by atoms with Crippen molar-refractivity contribution in [2.75, 3.05) is 26.4 Å². The largest absolute Gasteiger partial charge is 0.380 e. The maximum atomic E-state index is 14.2. The Kier molecular flexibility index (Phi) is 9.36. The molecule has 0 unspecified atom stereocenters. The van der Waals surface area contributed by atoms with E-state index < -0.39 is 0 Å². The SMILES string of the molecule is CCC1(CC2(CC3(CC)COC3)c3ccccc3-c3ccc(C(=O)/C(CC(C)C)=N\OC(=O)CC4CCCCC4)cc32)COC1. The van der Waals surface area contributed by atoms with Gasteiger partial charge < -0.3 is 14.3 Å². The molecule has 0 atom stereocenters. The van der Waals surface area contributed by atoms with Crippen molar-refractivity contribution < 1.29 is 23.9 Å². The lowest BCUT2D eigenvalue weighted by atomic mass is 9.57. The number of benzene rings is 2. The van der Waals surface area contributed by atoms with E-state index >= 15 is 0 Å². The molecule has 2 aromatic carbocycles. The summed E-state index contributed by atoms with van der Waals surface area (Å²) in [5.74, 6) is 0.0569. The smallest absolute Gasteiger partial charge is 0.335 e. The van der Waals surface area contributed by atoms with Crippen LogP contribution in [0, 0.1) is 22.7 Å². The number of hydrogen-bond acceptors (Lipinski definition) is 6. The van der Waals surface area contributed by atoms with Crippen molar-refractivity contribution in [1.82, 2.24) is 0 Å². The zero-order valence-corrected chi connectivity index (χ0v) is 27.8. The minimum atomic E-state index is -0.334. The van der Waals surface area contributed by atoms with E-state index in [1.807, 2.05) is 6.07 Å². The lowest BCUT2D eigenvalue weighted by Crippen LogP contribution is -2.52. The van der Waals surface area contributed by atoms with Crippen LogP contribution in [0.15, 0.2) is 47.6 Å². The molecule has 3 fully saturated rings. The van der Waals surface area contributed by atoms with Crippen LogP contribution >= 0.6 is 0 Å². The van der Waals surface area contributed by atoms with Crippen LogP contribution in [-0.2, 0) is 24.5 Å². The highest BCUT2D eigenvalue weighted by Gasteiger charge is 2.55. The summed E-state index contributed by atoms with van der Waals surface area (Å²) in [6, 6.07) is 15.0. The fourth-order valence-corrected chi connectivity index (χ4v) is 8.46. The minimum absolute atomic E-state index is 0.102. The Morgan fingerprint density at radius 2 is 1.49 bits per heavy atom. The van der Waals surface area contributed by atoms with E-state index in [1.165, 1.54) is 41.5 Å². The Labute approximate surface area is 269 Å². The fraction of sp³-hybridized carbons (Fsp3) is 0.615. The average molecular weight is 614 g/mol. The Hall–Kier alpha value is -2.83. The Bertz CT molecular complexity index is 1390. The van der Waals surface area contributed by atoms with Crippen molar-refractivity contribution in [3.05, 3.63) is 59.2 Å². The first-order valence-corrected chi connectivity index (χ1v) is 17.4. The summed E-state index contributed by atoms with van der Waals surface area (Å²) in [5, 5.41) is 4.25. The van der Waals surface area contributed by atoms with Gasteiger partial charge in [-0.25, -0.2) is 4.79 Å². The highest BCUT2D eigenvalue weighted by Crippen LogP contribution is 2.61. The Morgan fingerprint density at radius 3 is 2.07 bits per heavy atom. The molecule has 6 rings (SSSR count). The third-order valence-corrected chi connectivity index (χ3v) is 11.3. The van der Waals surface area contributed by atoms with Gasteiger partial charge in [-0.3, -0.25) is 4.79 Å². The Morgan fingerprint density at radius 1 is 0.867 bits per heavy atom. The highest BCUT2D eigenvalue weighted by molar-refractivity contribution is 6.46. The number of oxime groups is 1. The summed E-state index contributed by atoms with van der Waals surface area (Å²) in [6.07, 6.45) is 10.6. The maximum Gasteiger partial charge on any atom is 0.335 e. The molecule has 2 heterocycles. The summed E-state index contributed by atoms with van der Waals surface area (Å²) in [6.45, 7) is 11.8. The highest BCUT2D eigenvalue weighted by atomic mass is 16.7. The van der Waals surface area contributed by atoms with Gasteiger partial charge in [0, 0.05) is 21.8 Å². The van der Waals surface area contributed by atoms with Crippen molar-refractivity contribution in [3.63, 3.8) is 0 Å². The van der Waals surface area contributed by atoms with Crippen LogP contribution in [0.3, 0.4) is 0 Å². The fourth-order valence-electron chi connectivity index (χ4n) is 8.46. The van der Waals surface area contributed by atoms with E-state index in [0.29, 0.717) is 30.0 Å². The first kappa shape index (κ1) is 32.1. The number of ketones is 1. The van der Waals surface area contributed by atoms with Crippen molar-refractivity contribution in [1.29, 1.82) is 0 Å². The number of fused-ring (bicyclic) bond motifs is 3. The van der Waals surface area contributed by atoms with Crippen molar-refractivity contribution in [2.24, 2.45) is 27.8 Å². The molecule has 0 bridgehead atoms. The van der Waals surface area contributed by atoms with Crippen LogP contribution in [0.2, 0.25) is 0 Å². The molecule has 2 aromatic rings. The van der Waals surface area contributed by atoms with Gasteiger partial charge in [0.25, 0.3) is 0 Å². The molecule has 242 valence electrons. The molecule has 6 nitrogen and oxygen atoms in total. The quantitative estimate of drug-likeness (QED) is 0.0978. The summed E-state index contributed by atoms with van der Waals surface area (Å²) < 4.78 is 11.7. The van der Waals surface area contributed by atoms with E-state index in [0.717, 1.165) is 65.0 Å². The van der Waals surface area contributed by atoms with E-state index in [1.54, 1.807) is 0 Å². The molecule has 4 aliphatic rings. The van der Waals surface area contributed by atoms with Crippen LogP contribution < -0.4 is 0 Å². The second kappa shape index (κ2) is 13.1. The number of hydrogen-bond donors (Lipinski definition) is 0. The van der Waals surface area contributed by atoms with E-state index in [4.69, 9.17) is 14.3 Å². The molecule has 45 heavy (non-hydrogen) atoms. The zero-order chi connectivity index (χ0) is 31.7. The van der Waals surface area contributed by atoms with Gasteiger partial charge in [-0.05, 0) is 85.1 Å². The van der Waals surface area contributed by atoms with Gasteiger partial charge in [0.2, 0.25) is 5.78 Å². The van der Waals surface area contributed by atoms with Crippen LogP contribution in [-0.4, -0.2) is 43.9 Å². The number of rotatable bonds is 13. The molecule has 0 N–H and O–H groups in total. The third-order valence-electron chi connectivity index (χ3n) is 11.3. The molecule has 2 aliphatic carbocycles. The van der Waals surface area contributed by atoms with Gasteiger partial charge in [0.15, 0.2) is 0 Å². The maximum absolute atomic E-state index is 14.2. The summed E-state index contributed by atoms with van der Waals surface area (Å²) in [7, 11) is 0. The molecular weight excluding hydrogens is 562 g/mol. The standard InChI is InChI=1S/C39H51NO5/c1-5-37(23-43-24-37)21-39(22-38(6-2)25-44-26-38)32-15-11-10-14-30(32)31-17-16-29(20-33(31)39)36(42)34(18-27(3)4)40-45-35(41)19-28-12-8-7-9-13-28/h10-11,14-17,20,27-28H,5-9,12-13,18-19,21-26H2,1-4H3/b40-34-. The lowest BCUT2D eigenvalue weighted by molar-refractivity contribution is -0.149. The van der Waals surface area contributed by atoms with Crippen molar-refractivity contribution >= 4 is 17.5 Å².